The van der Waals surface area contributed by atoms with Crippen LogP contribution in [0.5, 0.6) is 0 Å². The highest BCUT2D eigenvalue weighted by Gasteiger charge is 2.24. The number of amides is 1. The van der Waals surface area contributed by atoms with Crippen molar-refractivity contribution in [1.82, 2.24) is 14.5 Å². The summed E-state index contributed by atoms with van der Waals surface area (Å²) in [6.45, 7) is 0.589. The van der Waals surface area contributed by atoms with E-state index in [1.807, 2.05) is 35.9 Å². The lowest BCUT2D eigenvalue weighted by Crippen LogP contribution is -2.25. The SMILES string of the molecule is CN1Cc2c(I)ncn2-c2ccccc2C1=O. The topological polar surface area (TPSA) is 38.1 Å². The maximum atomic E-state index is 12.2. The van der Waals surface area contributed by atoms with Crippen LogP contribution in [0.25, 0.3) is 5.69 Å². The van der Waals surface area contributed by atoms with Crippen LogP contribution in [0.1, 0.15) is 16.1 Å². The smallest absolute Gasteiger partial charge is 0.256 e. The van der Waals surface area contributed by atoms with Gasteiger partial charge in [-0.25, -0.2) is 4.98 Å². The van der Waals surface area contributed by atoms with Gasteiger partial charge in [0.25, 0.3) is 5.91 Å². The molecule has 0 spiro atoms. The fourth-order valence-corrected chi connectivity index (χ4v) is 2.62. The number of carbonyl (C=O) groups excluding carboxylic acids is 1. The molecule has 4 nitrogen and oxygen atoms in total. The Kier molecular flexibility index (Phi) is 2.43. The molecule has 17 heavy (non-hydrogen) atoms. The number of nitrogens with zero attached hydrogens (tertiary/aromatic N) is 3. The quantitative estimate of drug-likeness (QED) is 0.689. The molecule has 0 N–H and O–H groups in total. The number of fused-ring (bicyclic) bond motifs is 3. The molecule has 2 heterocycles. The Morgan fingerprint density at radius 3 is 2.94 bits per heavy atom. The summed E-state index contributed by atoms with van der Waals surface area (Å²) in [5.41, 5.74) is 2.70. The molecule has 2 aromatic rings. The summed E-state index contributed by atoms with van der Waals surface area (Å²) in [6, 6.07) is 7.63. The number of halogens is 1. The second kappa shape index (κ2) is 3.83. The van der Waals surface area contributed by atoms with Gasteiger partial charge in [0.15, 0.2) is 0 Å². The molecule has 0 unspecified atom stereocenters. The summed E-state index contributed by atoms with van der Waals surface area (Å²) in [5.74, 6) is 0.0556. The van der Waals surface area contributed by atoms with E-state index >= 15 is 0 Å². The summed E-state index contributed by atoms with van der Waals surface area (Å²) in [4.78, 5) is 18.2. The molecule has 1 aromatic heterocycles. The molecule has 1 amide bonds. The van der Waals surface area contributed by atoms with Crippen LogP contribution >= 0.6 is 22.6 Å². The number of hydrogen-bond donors (Lipinski definition) is 0. The number of rotatable bonds is 0. The molecule has 0 saturated carbocycles. The van der Waals surface area contributed by atoms with Crippen LogP contribution in [0.15, 0.2) is 30.6 Å². The highest BCUT2D eigenvalue weighted by Crippen LogP contribution is 2.25. The van der Waals surface area contributed by atoms with E-state index in [2.05, 4.69) is 27.6 Å². The summed E-state index contributed by atoms with van der Waals surface area (Å²) in [7, 11) is 1.82. The Morgan fingerprint density at radius 2 is 2.12 bits per heavy atom. The zero-order chi connectivity index (χ0) is 12.0. The van der Waals surface area contributed by atoms with E-state index in [4.69, 9.17) is 0 Å². The maximum Gasteiger partial charge on any atom is 0.256 e. The Morgan fingerprint density at radius 1 is 1.35 bits per heavy atom. The molecule has 0 fully saturated rings. The van der Waals surface area contributed by atoms with Crippen LogP contribution < -0.4 is 0 Å². The zero-order valence-corrected chi connectivity index (χ0v) is 11.4. The Balaban J connectivity index is 2.33. The second-order valence-electron chi connectivity index (χ2n) is 4.03. The molecule has 0 radical (unpaired) electrons. The first-order chi connectivity index (χ1) is 8.18. The van der Waals surface area contributed by atoms with Gasteiger partial charge >= 0.3 is 0 Å². The first-order valence-electron chi connectivity index (χ1n) is 5.25. The van der Waals surface area contributed by atoms with Gasteiger partial charge < -0.3 is 4.90 Å². The van der Waals surface area contributed by atoms with Crippen molar-refractivity contribution in [3.8, 4) is 5.69 Å². The van der Waals surface area contributed by atoms with Gasteiger partial charge in [0.05, 0.1) is 23.5 Å². The molecule has 0 bridgehead atoms. The van der Waals surface area contributed by atoms with Gasteiger partial charge in [-0.1, -0.05) is 12.1 Å². The number of para-hydroxylation sites is 1. The minimum Gasteiger partial charge on any atom is -0.336 e. The summed E-state index contributed by atoms with van der Waals surface area (Å²) in [6.07, 6.45) is 1.78. The van der Waals surface area contributed by atoms with E-state index in [0.717, 1.165) is 20.6 Å². The largest absolute Gasteiger partial charge is 0.336 e. The second-order valence-corrected chi connectivity index (χ2v) is 5.05. The normalized spacial score (nSPS) is 14.2. The highest BCUT2D eigenvalue weighted by atomic mass is 127. The van der Waals surface area contributed by atoms with Crippen LogP contribution in [0, 0.1) is 3.70 Å². The van der Waals surface area contributed by atoms with Crippen molar-refractivity contribution in [3.63, 3.8) is 0 Å². The van der Waals surface area contributed by atoms with Crippen LogP contribution in [0.4, 0.5) is 0 Å². The van der Waals surface area contributed by atoms with E-state index < -0.39 is 0 Å². The summed E-state index contributed by atoms with van der Waals surface area (Å²) in [5, 5.41) is 0. The van der Waals surface area contributed by atoms with E-state index in [-0.39, 0.29) is 5.91 Å². The average Bonchev–Trinajstić information content (AvgIpc) is 2.65. The molecule has 3 rings (SSSR count). The fourth-order valence-electron chi connectivity index (χ4n) is 2.07. The zero-order valence-electron chi connectivity index (χ0n) is 9.22. The summed E-state index contributed by atoms with van der Waals surface area (Å²) < 4.78 is 2.94. The van der Waals surface area contributed by atoms with Gasteiger partial charge in [-0.3, -0.25) is 9.36 Å². The predicted molar refractivity (Wildman–Crippen MR) is 72.1 cm³/mol. The number of benzene rings is 1. The molecule has 1 aliphatic heterocycles. The monoisotopic (exact) mass is 339 g/mol. The number of carbonyl (C=O) groups is 1. The van der Waals surface area contributed by atoms with Crippen molar-refractivity contribution in [3.05, 3.63) is 45.6 Å². The Bertz CT molecular complexity index is 606. The van der Waals surface area contributed by atoms with E-state index in [1.165, 1.54) is 0 Å². The lowest BCUT2D eigenvalue weighted by Gasteiger charge is -2.13. The van der Waals surface area contributed by atoms with Crippen LogP contribution in [0.3, 0.4) is 0 Å². The van der Waals surface area contributed by atoms with Crippen molar-refractivity contribution in [1.29, 1.82) is 0 Å². The van der Waals surface area contributed by atoms with Crippen molar-refractivity contribution in [2.45, 2.75) is 6.54 Å². The first-order valence-corrected chi connectivity index (χ1v) is 6.33. The fraction of sp³-hybridized carbons (Fsp3) is 0.167. The molecule has 86 valence electrons. The van der Waals surface area contributed by atoms with E-state index in [1.54, 1.807) is 11.2 Å². The predicted octanol–water partition coefficient (Wildman–Crippen LogP) is 2.06. The molecular weight excluding hydrogens is 329 g/mol. The van der Waals surface area contributed by atoms with Crippen LogP contribution in [-0.2, 0) is 6.54 Å². The third kappa shape index (κ3) is 1.56. The molecule has 5 heteroatoms. The first kappa shape index (κ1) is 10.8. The van der Waals surface area contributed by atoms with Gasteiger partial charge in [0.2, 0.25) is 0 Å². The van der Waals surface area contributed by atoms with Crippen LogP contribution in [-0.4, -0.2) is 27.4 Å². The molecular formula is C12H10IN3O. The molecule has 0 aliphatic carbocycles. The average molecular weight is 339 g/mol. The summed E-state index contributed by atoms with van der Waals surface area (Å²) >= 11 is 2.20. The van der Waals surface area contributed by atoms with Gasteiger partial charge in [0, 0.05) is 7.05 Å². The van der Waals surface area contributed by atoms with Gasteiger partial charge in [-0.2, -0.15) is 0 Å². The molecule has 0 saturated heterocycles. The number of hydrogen-bond acceptors (Lipinski definition) is 2. The maximum absolute atomic E-state index is 12.2. The van der Waals surface area contributed by atoms with E-state index in [9.17, 15) is 4.79 Å². The van der Waals surface area contributed by atoms with E-state index in [0.29, 0.717) is 6.54 Å². The van der Waals surface area contributed by atoms with Crippen molar-refractivity contribution < 1.29 is 4.79 Å². The minimum atomic E-state index is 0.0556. The van der Waals surface area contributed by atoms with Crippen molar-refractivity contribution in [2.24, 2.45) is 0 Å². The third-order valence-corrected chi connectivity index (χ3v) is 3.84. The number of imidazole rings is 1. The standard InChI is InChI=1S/C12H10IN3O/c1-15-6-10-11(13)14-7-16(10)9-5-3-2-4-8(9)12(15)17/h2-5,7H,6H2,1H3. The Hall–Kier alpha value is -1.37. The van der Waals surface area contributed by atoms with Gasteiger partial charge in [0.1, 0.15) is 10.0 Å². The highest BCUT2D eigenvalue weighted by molar-refractivity contribution is 14.1. The molecule has 1 aliphatic rings. The van der Waals surface area contributed by atoms with Crippen LogP contribution in [0.2, 0.25) is 0 Å². The minimum absolute atomic E-state index is 0.0556. The lowest BCUT2D eigenvalue weighted by molar-refractivity contribution is 0.0787. The van der Waals surface area contributed by atoms with Gasteiger partial charge in [-0.05, 0) is 34.7 Å². The van der Waals surface area contributed by atoms with Crippen molar-refractivity contribution >= 4 is 28.5 Å². The number of aromatic nitrogens is 2. The molecule has 0 atom stereocenters. The lowest BCUT2D eigenvalue weighted by atomic mass is 10.1. The third-order valence-electron chi connectivity index (χ3n) is 2.94. The van der Waals surface area contributed by atoms with Crippen molar-refractivity contribution in [2.75, 3.05) is 7.05 Å². The van der Waals surface area contributed by atoms with Gasteiger partial charge in [-0.15, -0.1) is 0 Å². The Labute approximate surface area is 112 Å². The molecule has 1 aromatic carbocycles.